The van der Waals surface area contributed by atoms with Crippen molar-refractivity contribution >= 4 is 5.78 Å². The summed E-state index contributed by atoms with van der Waals surface area (Å²) < 4.78 is 0. The first-order valence-electron chi connectivity index (χ1n) is 4.94. The van der Waals surface area contributed by atoms with Gasteiger partial charge in [-0.2, -0.15) is 0 Å². The molecule has 1 nitrogen and oxygen atoms in total. The van der Waals surface area contributed by atoms with E-state index in [-0.39, 0.29) is 0 Å². The predicted molar refractivity (Wildman–Crippen MR) is 53.2 cm³/mol. The van der Waals surface area contributed by atoms with E-state index in [1.807, 2.05) is 19.9 Å². The Hall–Kier alpha value is -0.590. The van der Waals surface area contributed by atoms with Gasteiger partial charge in [0.25, 0.3) is 0 Å². The minimum atomic E-state index is 0.341. The highest BCUT2D eigenvalue weighted by Crippen LogP contribution is 2.08. The average molecular weight is 168 g/mol. The summed E-state index contributed by atoms with van der Waals surface area (Å²) in [5.74, 6) is 0.341. The molecule has 0 rings (SSSR count). The Labute approximate surface area is 75.9 Å². The number of ketones is 1. The molecule has 70 valence electrons. The Morgan fingerprint density at radius 3 is 2.33 bits per heavy atom. The molecule has 0 amide bonds. The predicted octanol–water partition coefficient (Wildman–Crippen LogP) is 3.49. The molecule has 1 heteroatoms. The average Bonchev–Trinajstić information content (AvgIpc) is 2.07. The van der Waals surface area contributed by atoms with Gasteiger partial charge in [-0.1, -0.05) is 32.8 Å². The monoisotopic (exact) mass is 168 g/mol. The number of allylic oxidation sites excluding steroid dienone is 2. The third-order valence-corrected chi connectivity index (χ3v) is 2.09. The van der Waals surface area contributed by atoms with Gasteiger partial charge < -0.3 is 0 Å². The molecular weight excluding hydrogens is 148 g/mol. The minimum Gasteiger partial charge on any atom is -0.295 e. The van der Waals surface area contributed by atoms with Crippen molar-refractivity contribution in [2.45, 2.75) is 52.9 Å². The second kappa shape index (κ2) is 7.08. The molecule has 0 aromatic heterocycles. The van der Waals surface area contributed by atoms with Crippen LogP contribution in [0.1, 0.15) is 52.9 Å². The van der Waals surface area contributed by atoms with Crippen LogP contribution in [0.2, 0.25) is 0 Å². The molecule has 0 saturated heterocycles. The Balaban J connectivity index is 3.71. The topological polar surface area (TPSA) is 17.1 Å². The summed E-state index contributed by atoms with van der Waals surface area (Å²) in [4.78, 5) is 11.4. The molecule has 0 aliphatic carbocycles. The van der Waals surface area contributed by atoms with Crippen molar-refractivity contribution in [1.82, 2.24) is 0 Å². The Bertz CT molecular complexity index is 156. The van der Waals surface area contributed by atoms with Crippen LogP contribution < -0.4 is 0 Å². The smallest absolute Gasteiger partial charge is 0.158 e. The maximum Gasteiger partial charge on any atom is 0.158 e. The number of rotatable bonds is 6. The fourth-order valence-electron chi connectivity index (χ4n) is 1.26. The quantitative estimate of drug-likeness (QED) is 0.438. The van der Waals surface area contributed by atoms with Crippen LogP contribution in [0, 0.1) is 0 Å². The van der Waals surface area contributed by atoms with E-state index in [0.29, 0.717) is 5.78 Å². The van der Waals surface area contributed by atoms with Crippen molar-refractivity contribution in [2.75, 3.05) is 0 Å². The van der Waals surface area contributed by atoms with Crippen molar-refractivity contribution in [3.05, 3.63) is 11.6 Å². The maximum atomic E-state index is 11.4. The van der Waals surface area contributed by atoms with Gasteiger partial charge in [-0.25, -0.2) is 0 Å². The number of hydrogen-bond acceptors (Lipinski definition) is 1. The number of carbonyl (C=O) groups is 1. The molecule has 0 bridgehead atoms. The van der Waals surface area contributed by atoms with Gasteiger partial charge in [0.2, 0.25) is 0 Å². The summed E-state index contributed by atoms with van der Waals surface area (Å²) in [5.41, 5.74) is 0.992. The lowest BCUT2D eigenvalue weighted by molar-refractivity contribution is -0.115. The molecule has 0 radical (unpaired) electrons. The van der Waals surface area contributed by atoms with Crippen LogP contribution in [-0.4, -0.2) is 5.78 Å². The van der Waals surface area contributed by atoms with E-state index in [4.69, 9.17) is 0 Å². The SMILES string of the molecule is CC=C(CC)C(=O)CCCCC. The third kappa shape index (κ3) is 4.32. The van der Waals surface area contributed by atoms with Gasteiger partial charge >= 0.3 is 0 Å². The zero-order valence-electron chi connectivity index (χ0n) is 8.52. The second-order valence-electron chi connectivity index (χ2n) is 3.05. The van der Waals surface area contributed by atoms with E-state index in [2.05, 4.69) is 6.92 Å². The molecule has 0 unspecified atom stereocenters. The first-order chi connectivity index (χ1) is 5.76. The fraction of sp³-hybridized carbons (Fsp3) is 0.727. The maximum absolute atomic E-state index is 11.4. The third-order valence-electron chi connectivity index (χ3n) is 2.09. The molecule has 0 aromatic carbocycles. The molecule has 0 aliphatic heterocycles. The molecule has 0 atom stereocenters. The van der Waals surface area contributed by atoms with Crippen molar-refractivity contribution in [1.29, 1.82) is 0 Å². The van der Waals surface area contributed by atoms with Gasteiger partial charge in [0.15, 0.2) is 5.78 Å². The highest BCUT2D eigenvalue weighted by Gasteiger charge is 2.04. The summed E-state index contributed by atoms with van der Waals surface area (Å²) in [6.45, 7) is 6.13. The largest absolute Gasteiger partial charge is 0.295 e. The number of hydrogen-bond donors (Lipinski definition) is 0. The minimum absolute atomic E-state index is 0.341. The van der Waals surface area contributed by atoms with E-state index in [0.717, 1.165) is 24.8 Å². The summed E-state index contributed by atoms with van der Waals surface area (Å²) >= 11 is 0. The summed E-state index contributed by atoms with van der Waals surface area (Å²) in [7, 11) is 0. The van der Waals surface area contributed by atoms with Crippen molar-refractivity contribution < 1.29 is 4.79 Å². The van der Waals surface area contributed by atoms with Gasteiger partial charge in [0.1, 0.15) is 0 Å². The lowest BCUT2D eigenvalue weighted by Crippen LogP contribution is -2.00. The van der Waals surface area contributed by atoms with E-state index >= 15 is 0 Å². The Kier molecular flexibility index (Phi) is 6.73. The summed E-state index contributed by atoms with van der Waals surface area (Å²) in [6.07, 6.45) is 6.96. The van der Waals surface area contributed by atoms with Crippen molar-refractivity contribution in [2.24, 2.45) is 0 Å². The Morgan fingerprint density at radius 1 is 1.25 bits per heavy atom. The fourth-order valence-corrected chi connectivity index (χ4v) is 1.26. The normalized spacial score (nSPS) is 11.8. The standard InChI is InChI=1S/C11H20O/c1-4-7-8-9-11(12)10(5-2)6-3/h5H,4,6-9H2,1-3H3. The van der Waals surface area contributed by atoms with Gasteiger partial charge in [-0.05, 0) is 25.3 Å². The first-order valence-corrected chi connectivity index (χ1v) is 4.94. The van der Waals surface area contributed by atoms with Crippen LogP contribution in [0.15, 0.2) is 11.6 Å². The zero-order valence-corrected chi connectivity index (χ0v) is 8.52. The van der Waals surface area contributed by atoms with Gasteiger partial charge in [0.05, 0.1) is 0 Å². The number of Topliss-reactive ketones (excluding diaryl/α,β-unsaturated/α-hetero) is 1. The van der Waals surface area contributed by atoms with Crippen LogP contribution in [0.3, 0.4) is 0 Å². The van der Waals surface area contributed by atoms with Crippen molar-refractivity contribution in [3.8, 4) is 0 Å². The van der Waals surface area contributed by atoms with Gasteiger partial charge in [-0.15, -0.1) is 0 Å². The van der Waals surface area contributed by atoms with E-state index < -0.39 is 0 Å². The first kappa shape index (κ1) is 11.4. The van der Waals surface area contributed by atoms with E-state index in [1.54, 1.807) is 0 Å². The number of unbranched alkanes of at least 4 members (excludes halogenated alkanes) is 2. The lowest BCUT2D eigenvalue weighted by atomic mass is 10.0. The second-order valence-corrected chi connectivity index (χ2v) is 3.05. The highest BCUT2D eigenvalue weighted by molar-refractivity contribution is 5.95. The van der Waals surface area contributed by atoms with E-state index in [9.17, 15) is 4.79 Å². The van der Waals surface area contributed by atoms with Gasteiger partial charge in [0, 0.05) is 6.42 Å². The molecule has 0 N–H and O–H groups in total. The van der Waals surface area contributed by atoms with E-state index in [1.165, 1.54) is 12.8 Å². The van der Waals surface area contributed by atoms with Crippen LogP contribution in [0.5, 0.6) is 0 Å². The zero-order chi connectivity index (χ0) is 9.40. The number of carbonyl (C=O) groups excluding carboxylic acids is 1. The van der Waals surface area contributed by atoms with Crippen LogP contribution in [0.4, 0.5) is 0 Å². The molecule has 0 heterocycles. The molecular formula is C11H20O. The van der Waals surface area contributed by atoms with Gasteiger partial charge in [-0.3, -0.25) is 4.79 Å². The van der Waals surface area contributed by atoms with Crippen molar-refractivity contribution in [3.63, 3.8) is 0 Å². The van der Waals surface area contributed by atoms with Crippen LogP contribution >= 0.6 is 0 Å². The molecule has 0 saturated carbocycles. The Morgan fingerprint density at radius 2 is 1.92 bits per heavy atom. The van der Waals surface area contributed by atoms with Crippen LogP contribution in [0.25, 0.3) is 0 Å². The summed E-state index contributed by atoms with van der Waals surface area (Å²) in [5, 5.41) is 0. The molecule has 0 aromatic rings. The molecule has 0 aliphatic rings. The summed E-state index contributed by atoms with van der Waals surface area (Å²) in [6, 6.07) is 0. The molecule has 0 fully saturated rings. The molecule has 12 heavy (non-hydrogen) atoms. The molecule has 0 spiro atoms. The van der Waals surface area contributed by atoms with Crippen LogP contribution in [-0.2, 0) is 4.79 Å². The highest BCUT2D eigenvalue weighted by atomic mass is 16.1. The lowest BCUT2D eigenvalue weighted by Gasteiger charge is -2.01.